The van der Waals surface area contributed by atoms with Gasteiger partial charge in [-0.15, -0.1) is 0 Å². The van der Waals surface area contributed by atoms with Crippen molar-refractivity contribution in [3.63, 3.8) is 0 Å². The van der Waals surface area contributed by atoms with Gasteiger partial charge in [0.2, 0.25) is 0 Å². The second kappa shape index (κ2) is 6.99. The first-order valence-corrected chi connectivity index (χ1v) is 7.53. The summed E-state index contributed by atoms with van der Waals surface area (Å²) >= 11 is 18.5. The lowest BCUT2D eigenvalue weighted by Crippen LogP contribution is -2.21. The van der Waals surface area contributed by atoms with Crippen molar-refractivity contribution >= 4 is 34.8 Å². The Labute approximate surface area is 138 Å². The number of aliphatic hydroxyl groups excluding tert-OH is 1. The molecule has 0 saturated heterocycles. The molecule has 2 rings (SSSR count). The number of rotatable bonds is 5. The molecule has 0 aliphatic rings. The van der Waals surface area contributed by atoms with Crippen LogP contribution >= 0.6 is 34.8 Å². The van der Waals surface area contributed by atoms with Gasteiger partial charge in [-0.3, -0.25) is 4.68 Å². The summed E-state index contributed by atoms with van der Waals surface area (Å²) in [4.78, 5) is 2.02. The minimum atomic E-state index is -1.02. The molecule has 0 fully saturated rings. The third-order valence-corrected chi connectivity index (χ3v) is 4.07. The second-order valence-corrected chi connectivity index (χ2v) is 6.16. The maximum absolute atomic E-state index is 10.6. The minimum Gasteiger partial charge on any atom is -0.382 e. The van der Waals surface area contributed by atoms with E-state index in [4.69, 9.17) is 34.8 Å². The molecule has 2 aromatic rings. The summed E-state index contributed by atoms with van der Waals surface area (Å²) in [5.41, 5.74) is 0.933. The van der Waals surface area contributed by atoms with Crippen LogP contribution in [-0.2, 0) is 6.54 Å². The van der Waals surface area contributed by atoms with Crippen molar-refractivity contribution in [3.8, 4) is 0 Å². The zero-order valence-electron chi connectivity index (χ0n) is 11.7. The van der Waals surface area contributed by atoms with Crippen LogP contribution in [0.2, 0.25) is 15.1 Å². The number of likely N-dealkylation sites (N-methyl/N-ethyl adjacent to an activating group) is 1. The van der Waals surface area contributed by atoms with Gasteiger partial charge in [0, 0.05) is 22.2 Å². The van der Waals surface area contributed by atoms with Gasteiger partial charge in [-0.05, 0) is 26.2 Å². The van der Waals surface area contributed by atoms with E-state index in [1.807, 2.05) is 19.0 Å². The van der Waals surface area contributed by atoms with E-state index in [1.54, 1.807) is 22.9 Å². The molecule has 1 heterocycles. The molecule has 0 saturated carbocycles. The summed E-state index contributed by atoms with van der Waals surface area (Å²) in [6, 6.07) is 5.09. The van der Waals surface area contributed by atoms with Gasteiger partial charge in [-0.25, -0.2) is 0 Å². The number of benzene rings is 1. The zero-order chi connectivity index (χ0) is 15.6. The molecular weight excluding hydrogens is 333 g/mol. The summed E-state index contributed by atoms with van der Waals surface area (Å²) in [6.07, 6.45) is 0.490. The number of hydrogen-bond donors (Lipinski definition) is 1. The number of hydrogen-bond acceptors (Lipinski definition) is 3. The third-order valence-electron chi connectivity index (χ3n) is 3.12. The van der Waals surface area contributed by atoms with Crippen molar-refractivity contribution < 1.29 is 5.11 Å². The van der Waals surface area contributed by atoms with Gasteiger partial charge in [-0.1, -0.05) is 40.9 Å². The number of aromatic nitrogens is 2. The maximum Gasteiger partial charge on any atom is 0.125 e. The van der Waals surface area contributed by atoms with Crippen LogP contribution in [0.4, 0.5) is 0 Å². The van der Waals surface area contributed by atoms with E-state index in [2.05, 4.69) is 5.10 Å². The van der Waals surface area contributed by atoms with Gasteiger partial charge in [0.25, 0.3) is 0 Å². The summed E-state index contributed by atoms with van der Waals surface area (Å²) in [5.74, 6) is 0. The fourth-order valence-electron chi connectivity index (χ4n) is 2.03. The summed E-state index contributed by atoms with van der Waals surface area (Å²) in [7, 11) is 3.93. The molecule has 0 aliphatic heterocycles. The Morgan fingerprint density at radius 1 is 1.19 bits per heavy atom. The fraction of sp³-hybridized carbons (Fsp3) is 0.357. The van der Waals surface area contributed by atoms with Gasteiger partial charge in [0.15, 0.2) is 0 Å². The van der Waals surface area contributed by atoms with Gasteiger partial charge in [0.05, 0.1) is 23.5 Å². The molecule has 0 radical (unpaired) electrons. The van der Waals surface area contributed by atoms with Crippen molar-refractivity contribution in [1.82, 2.24) is 14.7 Å². The highest BCUT2D eigenvalue weighted by Crippen LogP contribution is 2.36. The van der Waals surface area contributed by atoms with Crippen LogP contribution in [0.25, 0.3) is 0 Å². The van der Waals surface area contributed by atoms with Crippen molar-refractivity contribution in [2.75, 3.05) is 20.6 Å². The van der Waals surface area contributed by atoms with Crippen molar-refractivity contribution in [1.29, 1.82) is 0 Å². The van der Waals surface area contributed by atoms with Crippen LogP contribution in [0, 0.1) is 0 Å². The van der Waals surface area contributed by atoms with Crippen LogP contribution in [0.1, 0.15) is 17.4 Å². The Balaban J connectivity index is 2.39. The molecule has 0 aliphatic carbocycles. The van der Waals surface area contributed by atoms with Crippen LogP contribution in [0.3, 0.4) is 0 Å². The van der Waals surface area contributed by atoms with Crippen molar-refractivity contribution in [3.05, 3.63) is 50.7 Å². The molecule has 1 aromatic heterocycles. The third kappa shape index (κ3) is 3.71. The number of nitrogens with zero attached hydrogens (tertiary/aromatic N) is 3. The SMILES string of the molecule is CN(C)CCn1ncc(Cl)c1C(O)c1c(Cl)cccc1Cl. The number of aliphatic hydroxyl groups is 1. The van der Waals surface area contributed by atoms with E-state index in [0.717, 1.165) is 6.54 Å². The van der Waals surface area contributed by atoms with Crippen LogP contribution in [0.5, 0.6) is 0 Å². The first-order chi connectivity index (χ1) is 9.91. The van der Waals surface area contributed by atoms with Gasteiger partial charge >= 0.3 is 0 Å². The second-order valence-electron chi connectivity index (χ2n) is 4.94. The summed E-state index contributed by atoms with van der Waals surface area (Å²) < 4.78 is 1.67. The lowest BCUT2D eigenvalue weighted by atomic mass is 10.1. The van der Waals surface area contributed by atoms with Crippen molar-refractivity contribution in [2.24, 2.45) is 0 Å². The fourth-order valence-corrected chi connectivity index (χ4v) is 2.87. The Bertz CT molecular complexity index is 608. The Kier molecular flexibility index (Phi) is 5.52. The van der Waals surface area contributed by atoms with E-state index < -0.39 is 6.10 Å². The topological polar surface area (TPSA) is 41.3 Å². The Morgan fingerprint density at radius 3 is 2.38 bits per heavy atom. The van der Waals surface area contributed by atoms with Crippen LogP contribution in [-0.4, -0.2) is 40.4 Å². The largest absolute Gasteiger partial charge is 0.382 e. The monoisotopic (exact) mass is 347 g/mol. The summed E-state index contributed by atoms with van der Waals surface area (Å²) in [6.45, 7) is 1.38. The van der Waals surface area contributed by atoms with E-state index in [1.165, 1.54) is 6.20 Å². The lowest BCUT2D eigenvalue weighted by molar-refractivity contribution is 0.206. The van der Waals surface area contributed by atoms with Gasteiger partial charge in [-0.2, -0.15) is 5.10 Å². The average Bonchev–Trinajstić information content (AvgIpc) is 2.77. The van der Waals surface area contributed by atoms with E-state index >= 15 is 0 Å². The van der Waals surface area contributed by atoms with E-state index in [0.29, 0.717) is 32.9 Å². The van der Waals surface area contributed by atoms with Gasteiger partial charge < -0.3 is 10.0 Å². The Morgan fingerprint density at radius 2 is 1.81 bits per heavy atom. The number of halogens is 3. The first-order valence-electron chi connectivity index (χ1n) is 6.39. The van der Waals surface area contributed by atoms with Crippen molar-refractivity contribution in [2.45, 2.75) is 12.6 Å². The molecule has 1 aromatic carbocycles. The maximum atomic E-state index is 10.6. The standard InChI is InChI=1S/C14H16Cl3N3O/c1-19(2)6-7-20-13(11(17)8-18-20)14(21)12-9(15)4-3-5-10(12)16/h3-5,8,14,21H,6-7H2,1-2H3. The van der Waals surface area contributed by atoms with Gasteiger partial charge in [0.1, 0.15) is 6.10 Å². The molecule has 21 heavy (non-hydrogen) atoms. The molecule has 0 spiro atoms. The first kappa shape index (κ1) is 16.6. The molecule has 4 nitrogen and oxygen atoms in total. The Hall–Kier alpha value is -0.780. The molecule has 0 bridgehead atoms. The summed E-state index contributed by atoms with van der Waals surface area (Å²) in [5, 5.41) is 16.0. The molecule has 7 heteroatoms. The van der Waals surface area contributed by atoms with E-state index in [9.17, 15) is 5.11 Å². The molecule has 1 unspecified atom stereocenters. The molecule has 0 amide bonds. The molecular formula is C14H16Cl3N3O. The quantitative estimate of drug-likeness (QED) is 0.899. The van der Waals surface area contributed by atoms with E-state index in [-0.39, 0.29) is 0 Å². The highest BCUT2D eigenvalue weighted by atomic mass is 35.5. The average molecular weight is 349 g/mol. The predicted octanol–water partition coefficient (Wildman–Crippen LogP) is 3.49. The predicted molar refractivity (Wildman–Crippen MR) is 86.3 cm³/mol. The highest BCUT2D eigenvalue weighted by molar-refractivity contribution is 6.36. The molecule has 1 atom stereocenters. The minimum absolute atomic E-state index is 0.386. The van der Waals surface area contributed by atoms with Crippen LogP contribution in [0.15, 0.2) is 24.4 Å². The zero-order valence-corrected chi connectivity index (χ0v) is 14.0. The normalized spacial score (nSPS) is 12.9. The molecule has 1 N–H and O–H groups in total. The smallest absolute Gasteiger partial charge is 0.125 e. The van der Waals surface area contributed by atoms with Crippen LogP contribution < -0.4 is 0 Å². The molecule has 114 valence electrons. The lowest BCUT2D eigenvalue weighted by Gasteiger charge is -2.18. The highest BCUT2D eigenvalue weighted by Gasteiger charge is 2.24.